The molecule has 0 aliphatic rings. The van der Waals surface area contributed by atoms with Crippen molar-refractivity contribution in [2.24, 2.45) is 0 Å². The Balaban J connectivity index is 3.09. The van der Waals surface area contributed by atoms with Gasteiger partial charge in [0.05, 0.1) is 4.92 Å². The first kappa shape index (κ1) is 15.2. The first-order valence-electron chi connectivity index (χ1n) is 5.74. The maximum absolute atomic E-state index is 12.3. The van der Waals surface area contributed by atoms with E-state index >= 15 is 0 Å². The molecule has 0 aliphatic carbocycles. The van der Waals surface area contributed by atoms with Gasteiger partial charge in [-0.15, -0.1) is 6.58 Å². The summed E-state index contributed by atoms with van der Waals surface area (Å²) in [5.41, 5.74) is 0.115. The van der Waals surface area contributed by atoms with Gasteiger partial charge in [-0.2, -0.15) is 0 Å². The number of rotatable bonds is 5. The van der Waals surface area contributed by atoms with Crippen LogP contribution in [0.15, 0.2) is 30.9 Å². The molecule has 0 N–H and O–H groups in total. The van der Waals surface area contributed by atoms with Crippen LogP contribution < -0.4 is 0 Å². The second-order valence-electron chi connectivity index (χ2n) is 4.26. The molecule has 0 saturated carbocycles. The van der Waals surface area contributed by atoms with Gasteiger partial charge in [0.2, 0.25) is 0 Å². The molecule has 0 aliphatic heterocycles. The van der Waals surface area contributed by atoms with Crippen molar-refractivity contribution in [1.82, 2.24) is 4.90 Å². The smallest absolute Gasteiger partial charge is 0.287 e. The first-order valence-corrected chi connectivity index (χ1v) is 6.12. The van der Waals surface area contributed by atoms with Gasteiger partial charge in [-0.3, -0.25) is 14.9 Å². The lowest BCUT2D eigenvalue weighted by molar-refractivity contribution is -0.384. The largest absolute Gasteiger partial charge is 0.333 e. The minimum absolute atomic E-state index is 0.000493. The van der Waals surface area contributed by atoms with Crippen molar-refractivity contribution in [1.29, 1.82) is 0 Å². The van der Waals surface area contributed by atoms with Gasteiger partial charge in [-0.05, 0) is 26.0 Å². The zero-order valence-electron chi connectivity index (χ0n) is 10.8. The van der Waals surface area contributed by atoms with Crippen molar-refractivity contribution in [3.8, 4) is 0 Å². The van der Waals surface area contributed by atoms with Gasteiger partial charge in [-0.25, -0.2) is 0 Å². The monoisotopic (exact) mass is 282 g/mol. The quantitative estimate of drug-likeness (QED) is 0.473. The Morgan fingerprint density at radius 1 is 1.58 bits per heavy atom. The maximum Gasteiger partial charge on any atom is 0.287 e. The third kappa shape index (κ3) is 3.54. The summed E-state index contributed by atoms with van der Waals surface area (Å²) in [4.78, 5) is 23.9. The number of benzene rings is 1. The summed E-state index contributed by atoms with van der Waals surface area (Å²) in [5, 5.41) is 10.6. The summed E-state index contributed by atoms with van der Waals surface area (Å²) in [6, 6.07) is 3.97. The van der Waals surface area contributed by atoms with E-state index in [0.717, 1.165) is 0 Å². The van der Waals surface area contributed by atoms with E-state index in [1.54, 1.807) is 11.0 Å². The molecule has 0 radical (unpaired) electrons. The molecule has 0 heterocycles. The van der Waals surface area contributed by atoms with Crippen LogP contribution in [0.3, 0.4) is 0 Å². The summed E-state index contributed by atoms with van der Waals surface area (Å²) in [7, 11) is 0. The van der Waals surface area contributed by atoms with Crippen LogP contribution in [-0.4, -0.2) is 28.3 Å². The van der Waals surface area contributed by atoms with Crippen LogP contribution >= 0.6 is 11.6 Å². The van der Waals surface area contributed by atoms with E-state index in [-0.39, 0.29) is 22.7 Å². The molecule has 5 nitrogen and oxygen atoms in total. The summed E-state index contributed by atoms with van der Waals surface area (Å²) in [6.07, 6.45) is 1.63. The molecule has 1 amide bonds. The fourth-order valence-corrected chi connectivity index (χ4v) is 1.87. The van der Waals surface area contributed by atoms with Crippen LogP contribution in [0, 0.1) is 10.1 Å². The number of halogens is 1. The number of nitro groups is 1. The van der Waals surface area contributed by atoms with E-state index in [1.807, 2.05) is 13.8 Å². The molecule has 1 rings (SSSR count). The molecule has 0 fully saturated rings. The van der Waals surface area contributed by atoms with Crippen LogP contribution in [-0.2, 0) is 0 Å². The zero-order chi connectivity index (χ0) is 14.6. The van der Waals surface area contributed by atoms with Crippen molar-refractivity contribution in [3.63, 3.8) is 0 Å². The molecule has 102 valence electrons. The Labute approximate surface area is 116 Å². The molecule has 0 bridgehead atoms. The average molecular weight is 283 g/mol. The molecular weight excluding hydrogens is 268 g/mol. The SMILES string of the molecule is C=CCN(C(=O)c1ccc([N+](=O)[O-])c(Cl)c1)C(C)C. The van der Waals surface area contributed by atoms with Crippen LogP contribution in [0.4, 0.5) is 5.69 Å². The lowest BCUT2D eigenvalue weighted by Gasteiger charge is -2.25. The second-order valence-corrected chi connectivity index (χ2v) is 4.67. The molecular formula is C13H15ClN2O3. The topological polar surface area (TPSA) is 63.5 Å². The van der Waals surface area contributed by atoms with E-state index in [2.05, 4.69) is 6.58 Å². The van der Waals surface area contributed by atoms with Crippen molar-refractivity contribution >= 4 is 23.2 Å². The number of hydrogen-bond acceptors (Lipinski definition) is 3. The Hall–Kier alpha value is -1.88. The van der Waals surface area contributed by atoms with Crippen LogP contribution in [0.1, 0.15) is 24.2 Å². The summed E-state index contributed by atoms with van der Waals surface area (Å²) >= 11 is 5.80. The molecule has 0 atom stereocenters. The summed E-state index contributed by atoms with van der Waals surface area (Å²) < 4.78 is 0. The zero-order valence-corrected chi connectivity index (χ0v) is 11.6. The van der Waals surface area contributed by atoms with Gasteiger partial charge in [0.1, 0.15) is 5.02 Å². The van der Waals surface area contributed by atoms with Crippen LogP contribution in [0.5, 0.6) is 0 Å². The number of amides is 1. The minimum atomic E-state index is -0.583. The van der Waals surface area contributed by atoms with Gasteiger partial charge >= 0.3 is 0 Å². The predicted molar refractivity (Wildman–Crippen MR) is 74.5 cm³/mol. The van der Waals surface area contributed by atoms with E-state index in [9.17, 15) is 14.9 Å². The molecule has 0 aromatic heterocycles. The summed E-state index contributed by atoms with van der Waals surface area (Å²) in [6.45, 7) is 7.78. The fraction of sp³-hybridized carbons (Fsp3) is 0.308. The van der Waals surface area contributed by atoms with E-state index in [4.69, 9.17) is 11.6 Å². The minimum Gasteiger partial charge on any atom is -0.333 e. The van der Waals surface area contributed by atoms with Gasteiger partial charge in [0.15, 0.2) is 0 Å². The highest BCUT2D eigenvalue weighted by atomic mass is 35.5. The Morgan fingerprint density at radius 3 is 2.63 bits per heavy atom. The number of carbonyl (C=O) groups is 1. The Kier molecular flexibility index (Phi) is 5.06. The van der Waals surface area contributed by atoms with Crippen molar-refractivity contribution in [3.05, 3.63) is 51.6 Å². The molecule has 19 heavy (non-hydrogen) atoms. The Morgan fingerprint density at radius 2 is 2.21 bits per heavy atom. The number of hydrogen-bond donors (Lipinski definition) is 0. The van der Waals surface area contributed by atoms with Crippen molar-refractivity contribution in [2.75, 3.05) is 6.54 Å². The van der Waals surface area contributed by atoms with Crippen LogP contribution in [0.25, 0.3) is 0 Å². The number of carbonyl (C=O) groups excluding carboxylic acids is 1. The molecule has 1 aromatic carbocycles. The third-order valence-electron chi connectivity index (χ3n) is 2.60. The number of nitro benzene ring substituents is 1. The standard InChI is InChI=1S/C13H15ClN2O3/c1-4-7-15(9(2)3)13(17)10-5-6-12(16(18)19)11(14)8-10/h4-6,8-9H,1,7H2,2-3H3. The summed E-state index contributed by atoms with van der Waals surface area (Å²) in [5.74, 6) is -0.230. The highest BCUT2D eigenvalue weighted by Gasteiger charge is 2.20. The second kappa shape index (κ2) is 6.33. The lowest BCUT2D eigenvalue weighted by atomic mass is 10.1. The van der Waals surface area contributed by atoms with Gasteiger partial charge in [0.25, 0.3) is 11.6 Å². The van der Waals surface area contributed by atoms with Gasteiger partial charge in [-0.1, -0.05) is 17.7 Å². The average Bonchev–Trinajstić information content (AvgIpc) is 2.34. The van der Waals surface area contributed by atoms with Gasteiger partial charge < -0.3 is 4.90 Å². The maximum atomic E-state index is 12.3. The molecule has 0 unspecified atom stereocenters. The first-order chi connectivity index (χ1) is 8.88. The van der Waals surface area contributed by atoms with E-state index in [1.165, 1.54) is 18.2 Å². The van der Waals surface area contributed by atoms with E-state index < -0.39 is 4.92 Å². The highest BCUT2D eigenvalue weighted by Crippen LogP contribution is 2.25. The fourth-order valence-electron chi connectivity index (χ4n) is 1.62. The predicted octanol–water partition coefficient (Wildman–Crippen LogP) is 3.28. The lowest BCUT2D eigenvalue weighted by Crippen LogP contribution is -2.37. The number of nitrogens with zero attached hydrogens (tertiary/aromatic N) is 2. The van der Waals surface area contributed by atoms with Gasteiger partial charge in [0, 0.05) is 24.2 Å². The third-order valence-corrected chi connectivity index (χ3v) is 2.90. The normalized spacial score (nSPS) is 10.3. The van der Waals surface area contributed by atoms with Crippen molar-refractivity contribution < 1.29 is 9.72 Å². The van der Waals surface area contributed by atoms with Crippen molar-refractivity contribution in [2.45, 2.75) is 19.9 Å². The molecule has 6 heteroatoms. The molecule has 0 spiro atoms. The van der Waals surface area contributed by atoms with E-state index in [0.29, 0.717) is 12.1 Å². The van der Waals surface area contributed by atoms with Crippen LogP contribution in [0.2, 0.25) is 5.02 Å². The molecule has 0 saturated heterocycles. The highest BCUT2D eigenvalue weighted by molar-refractivity contribution is 6.33. The molecule has 1 aromatic rings. The Bertz CT molecular complexity index is 515.